The van der Waals surface area contributed by atoms with E-state index in [9.17, 15) is 8.42 Å². The Bertz CT molecular complexity index is 649. The SMILES string of the molecule is CCS(=O)(=O)C1CSCCN1c1cccc(Br)c1C(N)=S. The van der Waals surface area contributed by atoms with Crippen molar-refractivity contribution in [1.29, 1.82) is 0 Å². The van der Waals surface area contributed by atoms with Crippen LogP contribution in [0.3, 0.4) is 0 Å². The zero-order chi connectivity index (χ0) is 15.6. The van der Waals surface area contributed by atoms with Gasteiger partial charge >= 0.3 is 0 Å². The highest BCUT2D eigenvalue weighted by Gasteiger charge is 2.34. The van der Waals surface area contributed by atoms with Crippen LogP contribution in [0.2, 0.25) is 0 Å². The fraction of sp³-hybridized carbons (Fsp3) is 0.462. The van der Waals surface area contributed by atoms with E-state index in [2.05, 4.69) is 15.9 Å². The Kier molecular flexibility index (Phi) is 5.56. The summed E-state index contributed by atoms with van der Waals surface area (Å²) < 4.78 is 25.5. The number of thioether (sulfide) groups is 1. The number of nitrogens with two attached hydrogens (primary N) is 1. The van der Waals surface area contributed by atoms with Crippen LogP contribution >= 0.6 is 39.9 Å². The van der Waals surface area contributed by atoms with Gasteiger partial charge in [-0.1, -0.05) is 25.2 Å². The van der Waals surface area contributed by atoms with Gasteiger partial charge in [-0.05, 0) is 28.1 Å². The van der Waals surface area contributed by atoms with Crippen molar-refractivity contribution in [2.45, 2.75) is 12.3 Å². The number of thiocarbonyl (C=S) groups is 1. The molecule has 1 heterocycles. The molecule has 1 fully saturated rings. The Labute approximate surface area is 143 Å². The standard InChI is InChI=1S/C13H17BrN2O2S3/c1-2-21(17,18)11-8-20-7-6-16(11)10-5-3-4-9(14)12(10)13(15)19/h3-5,11H,2,6-8H2,1H3,(H2,15,19). The average molecular weight is 409 g/mol. The molecule has 0 amide bonds. The van der Waals surface area contributed by atoms with E-state index in [-0.39, 0.29) is 10.7 Å². The van der Waals surface area contributed by atoms with Gasteiger partial charge in [-0.25, -0.2) is 8.42 Å². The lowest BCUT2D eigenvalue weighted by molar-refractivity contribution is 0.579. The predicted molar refractivity (Wildman–Crippen MR) is 97.9 cm³/mol. The lowest BCUT2D eigenvalue weighted by atomic mass is 10.1. The van der Waals surface area contributed by atoms with Crippen LogP contribution in [-0.2, 0) is 9.84 Å². The summed E-state index contributed by atoms with van der Waals surface area (Å²) in [6.07, 6.45) is 0. The average Bonchev–Trinajstić information content (AvgIpc) is 2.46. The Balaban J connectivity index is 2.53. The summed E-state index contributed by atoms with van der Waals surface area (Å²) in [7, 11) is -3.17. The molecular weight excluding hydrogens is 392 g/mol. The van der Waals surface area contributed by atoms with Gasteiger partial charge in [0.1, 0.15) is 10.4 Å². The molecule has 1 aromatic carbocycles. The molecule has 1 aromatic rings. The van der Waals surface area contributed by atoms with Gasteiger partial charge in [0.05, 0.1) is 0 Å². The highest BCUT2D eigenvalue weighted by atomic mass is 79.9. The number of anilines is 1. The molecule has 2 N–H and O–H groups in total. The van der Waals surface area contributed by atoms with E-state index < -0.39 is 15.2 Å². The Morgan fingerprint density at radius 1 is 1.57 bits per heavy atom. The molecule has 1 unspecified atom stereocenters. The summed E-state index contributed by atoms with van der Waals surface area (Å²) in [5.41, 5.74) is 7.32. The van der Waals surface area contributed by atoms with Crippen molar-refractivity contribution in [2.75, 3.05) is 28.7 Å². The first kappa shape index (κ1) is 17.1. The first-order valence-electron chi connectivity index (χ1n) is 6.52. The van der Waals surface area contributed by atoms with Crippen molar-refractivity contribution in [3.05, 3.63) is 28.2 Å². The van der Waals surface area contributed by atoms with Crippen molar-refractivity contribution < 1.29 is 8.42 Å². The summed E-state index contributed by atoms with van der Waals surface area (Å²) in [5, 5.41) is -0.524. The smallest absolute Gasteiger partial charge is 0.171 e. The van der Waals surface area contributed by atoms with E-state index in [1.165, 1.54) is 0 Å². The van der Waals surface area contributed by atoms with Gasteiger partial charge in [0.15, 0.2) is 9.84 Å². The number of benzene rings is 1. The van der Waals surface area contributed by atoms with Crippen LogP contribution in [0.4, 0.5) is 5.69 Å². The van der Waals surface area contributed by atoms with Crippen LogP contribution in [0.25, 0.3) is 0 Å². The van der Waals surface area contributed by atoms with Gasteiger partial charge in [-0.2, -0.15) is 11.8 Å². The number of halogens is 1. The maximum Gasteiger partial charge on any atom is 0.171 e. The minimum absolute atomic E-state index is 0.130. The maximum absolute atomic E-state index is 12.4. The Hall–Kier alpha value is -0.310. The normalized spacial score (nSPS) is 19.5. The van der Waals surface area contributed by atoms with Crippen LogP contribution in [-0.4, -0.2) is 42.6 Å². The van der Waals surface area contributed by atoms with Crippen molar-refractivity contribution in [3.63, 3.8) is 0 Å². The highest BCUT2D eigenvalue weighted by Crippen LogP contribution is 2.33. The van der Waals surface area contributed by atoms with Gasteiger partial charge in [0.2, 0.25) is 0 Å². The van der Waals surface area contributed by atoms with E-state index in [0.29, 0.717) is 17.9 Å². The molecule has 1 aliphatic heterocycles. The van der Waals surface area contributed by atoms with Crippen molar-refractivity contribution in [1.82, 2.24) is 0 Å². The van der Waals surface area contributed by atoms with Crippen molar-refractivity contribution in [3.8, 4) is 0 Å². The second kappa shape index (κ2) is 6.85. The van der Waals surface area contributed by atoms with Crippen LogP contribution < -0.4 is 10.6 Å². The number of hydrogen-bond donors (Lipinski definition) is 1. The zero-order valence-corrected chi connectivity index (χ0v) is 15.6. The minimum atomic E-state index is -3.17. The first-order chi connectivity index (χ1) is 9.88. The molecule has 1 atom stereocenters. The molecule has 0 bridgehead atoms. The van der Waals surface area contributed by atoms with Gasteiger partial charge < -0.3 is 10.6 Å². The molecule has 0 aliphatic carbocycles. The molecule has 2 rings (SSSR count). The molecule has 116 valence electrons. The molecular formula is C13H17BrN2O2S3. The number of hydrogen-bond acceptors (Lipinski definition) is 5. The summed E-state index contributed by atoms with van der Waals surface area (Å²) in [6, 6.07) is 5.62. The Morgan fingerprint density at radius 2 is 2.29 bits per heavy atom. The number of rotatable bonds is 4. The lowest BCUT2D eigenvalue weighted by Gasteiger charge is -2.37. The molecule has 8 heteroatoms. The summed E-state index contributed by atoms with van der Waals surface area (Å²) in [6.45, 7) is 2.35. The molecule has 0 aromatic heterocycles. The van der Waals surface area contributed by atoms with Gasteiger partial charge in [-0.3, -0.25) is 0 Å². The molecule has 0 spiro atoms. The predicted octanol–water partition coefficient (Wildman–Crippen LogP) is 2.40. The molecule has 0 saturated carbocycles. The number of nitrogens with zero attached hydrogens (tertiary/aromatic N) is 1. The summed E-state index contributed by atoms with van der Waals surface area (Å²) in [5.74, 6) is 1.59. The monoisotopic (exact) mass is 408 g/mol. The molecule has 4 nitrogen and oxygen atoms in total. The molecule has 1 aliphatic rings. The first-order valence-corrected chi connectivity index (χ1v) is 10.6. The molecule has 0 radical (unpaired) electrons. The van der Waals surface area contributed by atoms with Crippen LogP contribution in [0.1, 0.15) is 12.5 Å². The minimum Gasteiger partial charge on any atom is -0.389 e. The number of sulfone groups is 1. The topological polar surface area (TPSA) is 63.4 Å². The van der Waals surface area contributed by atoms with Crippen LogP contribution in [0.15, 0.2) is 22.7 Å². The third-order valence-electron chi connectivity index (χ3n) is 3.45. The van der Waals surface area contributed by atoms with Crippen LogP contribution in [0, 0.1) is 0 Å². The van der Waals surface area contributed by atoms with Crippen molar-refractivity contribution >= 4 is 60.4 Å². The highest BCUT2D eigenvalue weighted by molar-refractivity contribution is 9.10. The van der Waals surface area contributed by atoms with Gasteiger partial charge in [-0.15, -0.1) is 0 Å². The van der Waals surface area contributed by atoms with Gasteiger partial charge in [0, 0.05) is 39.5 Å². The molecule has 1 saturated heterocycles. The summed E-state index contributed by atoms with van der Waals surface area (Å²) in [4.78, 5) is 2.19. The maximum atomic E-state index is 12.4. The summed E-state index contributed by atoms with van der Waals surface area (Å²) >= 11 is 10.3. The van der Waals surface area contributed by atoms with Crippen molar-refractivity contribution in [2.24, 2.45) is 5.73 Å². The van der Waals surface area contributed by atoms with E-state index in [0.717, 1.165) is 15.9 Å². The zero-order valence-electron chi connectivity index (χ0n) is 11.6. The second-order valence-corrected chi connectivity index (χ2v) is 9.56. The largest absolute Gasteiger partial charge is 0.389 e. The van der Waals surface area contributed by atoms with Crippen LogP contribution in [0.5, 0.6) is 0 Å². The molecule has 21 heavy (non-hydrogen) atoms. The second-order valence-electron chi connectivity index (χ2n) is 4.67. The van der Waals surface area contributed by atoms with E-state index in [1.54, 1.807) is 18.7 Å². The third kappa shape index (κ3) is 3.55. The fourth-order valence-electron chi connectivity index (χ4n) is 2.34. The van der Waals surface area contributed by atoms with E-state index in [4.69, 9.17) is 18.0 Å². The quantitative estimate of drug-likeness (QED) is 0.771. The van der Waals surface area contributed by atoms with E-state index >= 15 is 0 Å². The lowest BCUT2D eigenvalue weighted by Crippen LogP contribution is -2.48. The fourth-order valence-corrected chi connectivity index (χ4v) is 6.24. The third-order valence-corrected chi connectivity index (χ3v) is 7.60. The Morgan fingerprint density at radius 3 is 2.90 bits per heavy atom. The van der Waals surface area contributed by atoms with E-state index in [1.807, 2.05) is 23.1 Å². The van der Waals surface area contributed by atoms with Gasteiger partial charge in [0.25, 0.3) is 0 Å².